The monoisotopic (exact) mass is 359 g/mol. The number of pyridine rings is 2. The zero-order valence-corrected chi connectivity index (χ0v) is 14.9. The molecule has 0 bridgehead atoms. The van der Waals surface area contributed by atoms with Crippen LogP contribution in [0.25, 0.3) is 22.0 Å². The number of hydrogen-bond acceptors (Lipinski definition) is 6. The molecule has 1 aromatic carbocycles. The number of fused-ring (bicyclic) bond motifs is 1. The van der Waals surface area contributed by atoms with Crippen molar-refractivity contribution in [1.82, 2.24) is 19.9 Å². The summed E-state index contributed by atoms with van der Waals surface area (Å²) in [5.41, 5.74) is 2.17. The third-order valence-electron chi connectivity index (χ3n) is 4.23. The van der Waals surface area contributed by atoms with Gasteiger partial charge in [0.05, 0.1) is 16.6 Å². The molecule has 0 aliphatic carbocycles. The molecule has 0 atom stereocenters. The van der Waals surface area contributed by atoms with Crippen LogP contribution in [0.15, 0.2) is 59.8 Å². The molecule has 4 rings (SSSR count). The summed E-state index contributed by atoms with van der Waals surface area (Å²) >= 11 is 0. The molecule has 7 nitrogen and oxygen atoms in total. The Morgan fingerprint density at radius 1 is 1.04 bits per heavy atom. The molecule has 0 saturated carbocycles. The fourth-order valence-electron chi connectivity index (χ4n) is 2.88. The van der Waals surface area contributed by atoms with Gasteiger partial charge in [0.1, 0.15) is 5.75 Å². The van der Waals surface area contributed by atoms with Gasteiger partial charge in [-0.25, -0.2) is 15.0 Å². The van der Waals surface area contributed by atoms with E-state index in [9.17, 15) is 4.79 Å². The van der Waals surface area contributed by atoms with Gasteiger partial charge in [0.2, 0.25) is 11.8 Å². The summed E-state index contributed by atoms with van der Waals surface area (Å²) in [6.45, 7) is 1.93. The molecule has 0 radical (unpaired) electrons. The zero-order valence-electron chi connectivity index (χ0n) is 14.9. The van der Waals surface area contributed by atoms with Crippen molar-refractivity contribution in [2.45, 2.75) is 6.92 Å². The molecule has 7 heteroatoms. The Bertz CT molecular complexity index is 1190. The van der Waals surface area contributed by atoms with Crippen molar-refractivity contribution in [1.29, 1.82) is 0 Å². The maximum absolute atomic E-state index is 12.1. The molecule has 27 heavy (non-hydrogen) atoms. The molecule has 0 spiro atoms. The number of nitrogens with zero attached hydrogens (tertiary/aromatic N) is 3. The maximum atomic E-state index is 12.1. The second-order valence-electron chi connectivity index (χ2n) is 5.95. The number of aromatic nitrogens is 4. The standard InChI is InChI=1S/C20H17N5O2/c1-12-5-6-14-13(7-10-22-18(14)26)17(12)27-19-15(4-3-9-23-19)16-8-11-24-20(21-2)25-16/h3-11H,1-2H3,(H,22,26)(H,21,24,25). The van der Waals surface area contributed by atoms with Gasteiger partial charge in [-0.2, -0.15) is 0 Å². The normalized spacial score (nSPS) is 10.7. The van der Waals surface area contributed by atoms with E-state index in [1.165, 1.54) is 0 Å². The van der Waals surface area contributed by atoms with Crippen LogP contribution < -0.4 is 15.6 Å². The maximum Gasteiger partial charge on any atom is 0.255 e. The summed E-state index contributed by atoms with van der Waals surface area (Å²) < 4.78 is 6.19. The lowest BCUT2D eigenvalue weighted by molar-refractivity contribution is 0.466. The van der Waals surface area contributed by atoms with Crippen LogP contribution in [0.5, 0.6) is 11.6 Å². The second-order valence-corrected chi connectivity index (χ2v) is 5.95. The van der Waals surface area contributed by atoms with Gasteiger partial charge in [0.15, 0.2) is 0 Å². The van der Waals surface area contributed by atoms with Crippen molar-refractivity contribution in [3.05, 3.63) is 70.9 Å². The third kappa shape index (κ3) is 3.10. The molecule has 0 saturated heterocycles. The van der Waals surface area contributed by atoms with Crippen molar-refractivity contribution in [3.63, 3.8) is 0 Å². The molecule has 3 aromatic heterocycles. The molecule has 0 fully saturated rings. The molecule has 4 aromatic rings. The molecular weight excluding hydrogens is 342 g/mol. The highest BCUT2D eigenvalue weighted by molar-refractivity contribution is 5.89. The van der Waals surface area contributed by atoms with Crippen LogP contribution in [0.3, 0.4) is 0 Å². The highest BCUT2D eigenvalue weighted by atomic mass is 16.5. The van der Waals surface area contributed by atoms with E-state index in [0.29, 0.717) is 28.7 Å². The van der Waals surface area contributed by atoms with Crippen molar-refractivity contribution < 1.29 is 4.74 Å². The quantitative estimate of drug-likeness (QED) is 0.579. The lowest BCUT2D eigenvalue weighted by Crippen LogP contribution is -2.05. The lowest BCUT2D eigenvalue weighted by Gasteiger charge is -2.13. The van der Waals surface area contributed by atoms with Gasteiger partial charge in [-0.1, -0.05) is 6.07 Å². The first-order valence-corrected chi connectivity index (χ1v) is 8.42. The fourth-order valence-corrected chi connectivity index (χ4v) is 2.88. The Morgan fingerprint density at radius 2 is 1.93 bits per heavy atom. The van der Waals surface area contributed by atoms with E-state index in [-0.39, 0.29) is 5.56 Å². The number of rotatable bonds is 4. The molecule has 0 amide bonds. The summed E-state index contributed by atoms with van der Waals surface area (Å²) in [6.07, 6.45) is 4.94. The van der Waals surface area contributed by atoms with Crippen molar-refractivity contribution in [2.24, 2.45) is 0 Å². The van der Waals surface area contributed by atoms with Crippen LogP contribution in [-0.2, 0) is 0 Å². The molecule has 2 N–H and O–H groups in total. The van der Waals surface area contributed by atoms with E-state index >= 15 is 0 Å². The summed E-state index contributed by atoms with van der Waals surface area (Å²) in [7, 11) is 1.76. The van der Waals surface area contributed by atoms with E-state index in [0.717, 1.165) is 16.5 Å². The largest absolute Gasteiger partial charge is 0.437 e. The predicted molar refractivity (Wildman–Crippen MR) is 104 cm³/mol. The molecular formula is C20H17N5O2. The summed E-state index contributed by atoms with van der Waals surface area (Å²) in [4.78, 5) is 27.8. The first kappa shape index (κ1) is 16.7. The SMILES string of the molecule is CNc1nccc(-c2cccnc2Oc2c(C)ccc3c(=O)[nH]ccc23)n1. The number of H-pyrrole nitrogens is 1. The van der Waals surface area contributed by atoms with Gasteiger partial charge in [0.25, 0.3) is 5.56 Å². The number of hydrogen-bond donors (Lipinski definition) is 2. The Kier molecular flexibility index (Phi) is 4.25. The number of ether oxygens (including phenoxy) is 1. The van der Waals surface area contributed by atoms with Crippen LogP contribution in [-0.4, -0.2) is 27.0 Å². The van der Waals surface area contributed by atoms with Gasteiger partial charge < -0.3 is 15.0 Å². The molecule has 0 aliphatic heterocycles. The summed E-state index contributed by atoms with van der Waals surface area (Å²) in [5, 5.41) is 4.22. The Morgan fingerprint density at radius 3 is 2.78 bits per heavy atom. The highest BCUT2D eigenvalue weighted by Crippen LogP contribution is 2.35. The van der Waals surface area contributed by atoms with Gasteiger partial charge in [-0.15, -0.1) is 0 Å². The Hall–Kier alpha value is -3.74. The second kappa shape index (κ2) is 6.87. The number of aryl methyl sites for hydroxylation is 1. The van der Waals surface area contributed by atoms with E-state index in [1.54, 1.807) is 37.8 Å². The first-order chi connectivity index (χ1) is 13.2. The minimum atomic E-state index is -0.159. The number of anilines is 1. The number of nitrogens with one attached hydrogen (secondary N) is 2. The molecule has 0 aliphatic rings. The minimum Gasteiger partial charge on any atom is -0.437 e. The highest BCUT2D eigenvalue weighted by Gasteiger charge is 2.14. The Labute approximate surface area is 155 Å². The van der Waals surface area contributed by atoms with Crippen LogP contribution in [0, 0.1) is 6.92 Å². The van der Waals surface area contributed by atoms with Crippen LogP contribution >= 0.6 is 0 Å². The van der Waals surface area contributed by atoms with Gasteiger partial charge in [0, 0.05) is 31.0 Å². The minimum absolute atomic E-state index is 0.159. The number of benzene rings is 1. The molecule has 134 valence electrons. The molecule has 3 heterocycles. The third-order valence-corrected chi connectivity index (χ3v) is 4.23. The fraction of sp³-hybridized carbons (Fsp3) is 0.100. The summed E-state index contributed by atoms with van der Waals surface area (Å²) in [6, 6.07) is 11.0. The number of aromatic amines is 1. The van der Waals surface area contributed by atoms with Crippen molar-refractivity contribution in [3.8, 4) is 22.9 Å². The zero-order chi connectivity index (χ0) is 18.8. The Balaban J connectivity index is 1.85. The van der Waals surface area contributed by atoms with Crippen molar-refractivity contribution in [2.75, 3.05) is 12.4 Å². The first-order valence-electron chi connectivity index (χ1n) is 8.42. The van der Waals surface area contributed by atoms with E-state index in [1.807, 2.05) is 31.2 Å². The van der Waals surface area contributed by atoms with Crippen LogP contribution in [0.4, 0.5) is 5.95 Å². The topological polar surface area (TPSA) is 92.8 Å². The van der Waals surface area contributed by atoms with Gasteiger partial charge in [-0.05, 0) is 42.8 Å². The van der Waals surface area contributed by atoms with Crippen LogP contribution in [0.1, 0.15) is 5.56 Å². The van der Waals surface area contributed by atoms with Crippen LogP contribution in [0.2, 0.25) is 0 Å². The average Bonchev–Trinajstić information content (AvgIpc) is 2.71. The lowest BCUT2D eigenvalue weighted by atomic mass is 10.1. The van der Waals surface area contributed by atoms with Crippen molar-refractivity contribution >= 4 is 16.7 Å². The van der Waals surface area contributed by atoms with Gasteiger partial charge in [-0.3, -0.25) is 4.79 Å². The average molecular weight is 359 g/mol. The molecule has 0 unspecified atom stereocenters. The van der Waals surface area contributed by atoms with E-state index in [4.69, 9.17) is 4.74 Å². The van der Waals surface area contributed by atoms with E-state index in [2.05, 4.69) is 25.3 Å². The summed E-state index contributed by atoms with van der Waals surface area (Å²) in [5.74, 6) is 1.52. The smallest absolute Gasteiger partial charge is 0.255 e. The van der Waals surface area contributed by atoms with E-state index < -0.39 is 0 Å². The predicted octanol–water partition coefficient (Wildman–Crippen LogP) is 3.52. The van der Waals surface area contributed by atoms with Gasteiger partial charge >= 0.3 is 0 Å².